The monoisotopic (exact) mass is 273 g/mol. The van der Waals surface area contributed by atoms with Gasteiger partial charge in [0.1, 0.15) is 29.6 Å². The molecule has 0 atom stereocenters. The number of oxazole rings is 1. The van der Waals surface area contributed by atoms with E-state index in [-0.39, 0.29) is 5.41 Å². The fourth-order valence-corrected chi connectivity index (χ4v) is 2.45. The lowest BCUT2D eigenvalue weighted by Gasteiger charge is -2.15. The van der Waals surface area contributed by atoms with E-state index in [1.54, 1.807) is 0 Å². The number of hydrogen-bond donors (Lipinski definition) is 0. The molecule has 0 N–H and O–H groups in total. The molecule has 2 aromatic rings. The second kappa shape index (κ2) is 4.54. The summed E-state index contributed by atoms with van der Waals surface area (Å²) in [4.78, 5) is 4.31. The van der Waals surface area contributed by atoms with Crippen molar-refractivity contribution in [2.24, 2.45) is 0 Å². The summed E-state index contributed by atoms with van der Waals surface area (Å²) in [5, 5.41) is 0. The summed E-state index contributed by atoms with van der Waals surface area (Å²) >= 11 is 0. The van der Waals surface area contributed by atoms with Gasteiger partial charge in [-0.15, -0.1) is 0 Å². The highest BCUT2D eigenvalue weighted by Crippen LogP contribution is 2.40. The minimum Gasteiger partial charge on any atom is -0.492 e. The average molecular weight is 273 g/mol. The van der Waals surface area contributed by atoms with Gasteiger partial charge in [-0.3, -0.25) is 0 Å². The normalized spacial score (nSPS) is 15.8. The number of nitrogens with zero attached hydrogens (tertiary/aromatic N) is 1. The Morgan fingerprint density at radius 2 is 2.10 bits per heavy atom. The Bertz CT molecular complexity index is 643. The van der Waals surface area contributed by atoms with Crippen molar-refractivity contribution in [2.45, 2.75) is 39.7 Å². The molecule has 0 unspecified atom stereocenters. The zero-order valence-corrected chi connectivity index (χ0v) is 12.3. The smallest absolute Gasteiger partial charge is 0.191 e. The molecule has 0 radical (unpaired) electrons. The SMILES string of the molecule is Cc1nc(COc2ccc3c(c2)C(C)(C)CO3)c(C)o1. The van der Waals surface area contributed by atoms with Gasteiger partial charge in [0, 0.05) is 17.9 Å². The number of rotatable bonds is 3. The number of hydrogen-bond acceptors (Lipinski definition) is 4. The molecule has 1 aliphatic rings. The van der Waals surface area contributed by atoms with Crippen molar-refractivity contribution in [1.29, 1.82) is 0 Å². The summed E-state index contributed by atoms with van der Waals surface area (Å²) in [7, 11) is 0. The van der Waals surface area contributed by atoms with Crippen LogP contribution in [0.1, 0.15) is 36.8 Å². The average Bonchev–Trinajstić information content (AvgIpc) is 2.87. The van der Waals surface area contributed by atoms with Gasteiger partial charge in [-0.2, -0.15) is 0 Å². The molecule has 0 aliphatic carbocycles. The van der Waals surface area contributed by atoms with Gasteiger partial charge in [-0.25, -0.2) is 4.98 Å². The molecule has 3 rings (SSSR count). The van der Waals surface area contributed by atoms with Crippen molar-refractivity contribution in [1.82, 2.24) is 4.98 Å². The molecule has 1 aliphatic heterocycles. The highest BCUT2D eigenvalue weighted by atomic mass is 16.5. The lowest BCUT2D eigenvalue weighted by Crippen LogP contribution is -2.18. The molecule has 4 nitrogen and oxygen atoms in total. The van der Waals surface area contributed by atoms with Crippen molar-refractivity contribution in [3.05, 3.63) is 41.1 Å². The van der Waals surface area contributed by atoms with Crippen LogP contribution in [-0.2, 0) is 12.0 Å². The van der Waals surface area contributed by atoms with E-state index < -0.39 is 0 Å². The molecule has 106 valence electrons. The van der Waals surface area contributed by atoms with Crippen LogP contribution in [0, 0.1) is 13.8 Å². The van der Waals surface area contributed by atoms with Crippen LogP contribution in [0.4, 0.5) is 0 Å². The Kier molecular flexibility index (Phi) is 2.96. The number of ether oxygens (including phenoxy) is 2. The highest BCUT2D eigenvalue weighted by Gasteiger charge is 2.32. The second-order valence-corrected chi connectivity index (χ2v) is 5.85. The minimum absolute atomic E-state index is 0.0368. The summed E-state index contributed by atoms with van der Waals surface area (Å²) in [6.45, 7) is 9.22. The van der Waals surface area contributed by atoms with E-state index in [1.165, 1.54) is 5.56 Å². The standard InChI is InChI=1S/C16H19NO3/c1-10-14(17-11(2)20-10)8-18-12-5-6-15-13(7-12)16(3,4)9-19-15/h5-7H,8-9H2,1-4H3. The molecule has 1 aromatic heterocycles. The highest BCUT2D eigenvalue weighted by molar-refractivity contribution is 5.47. The maximum atomic E-state index is 5.83. The third kappa shape index (κ3) is 2.26. The fraction of sp³-hybridized carbons (Fsp3) is 0.438. The Morgan fingerprint density at radius 1 is 1.30 bits per heavy atom. The van der Waals surface area contributed by atoms with E-state index in [4.69, 9.17) is 13.9 Å². The fourth-order valence-electron chi connectivity index (χ4n) is 2.45. The summed E-state index contributed by atoms with van der Waals surface area (Å²) in [6.07, 6.45) is 0. The molecule has 0 saturated heterocycles. The summed E-state index contributed by atoms with van der Waals surface area (Å²) in [5.74, 6) is 3.27. The first kappa shape index (κ1) is 13.0. The Balaban J connectivity index is 1.78. The zero-order valence-electron chi connectivity index (χ0n) is 12.3. The van der Waals surface area contributed by atoms with Crippen molar-refractivity contribution in [2.75, 3.05) is 6.61 Å². The third-order valence-electron chi connectivity index (χ3n) is 3.64. The van der Waals surface area contributed by atoms with Gasteiger partial charge >= 0.3 is 0 Å². The number of fused-ring (bicyclic) bond motifs is 1. The molecule has 4 heteroatoms. The third-order valence-corrected chi connectivity index (χ3v) is 3.64. The van der Waals surface area contributed by atoms with Crippen molar-refractivity contribution in [3.63, 3.8) is 0 Å². The Morgan fingerprint density at radius 3 is 2.80 bits per heavy atom. The van der Waals surface area contributed by atoms with Crippen molar-refractivity contribution < 1.29 is 13.9 Å². The summed E-state index contributed by atoms with van der Waals surface area (Å²) < 4.78 is 16.9. The van der Waals surface area contributed by atoms with Gasteiger partial charge in [0.15, 0.2) is 5.89 Å². The first-order valence-electron chi connectivity index (χ1n) is 6.79. The topological polar surface area (TPSA) is 44.5 Å². The molecule has 1 aromatic carbocycles. The van der Waals surface area contributed by atoms with E-state index in [2.05, 4.69) is 24.9 Å². The Hall–Kier alpha value is -1.97. The molecular formula is C16H19NO3. The van der Waals surface area contributed by atoms with E-state index in [9.17, 15) is 0 Å². The molecule has 0 fully saturated rings. The summed E-state index contributed by atoms with van der Waals surface area (Å²) in [5.41, 5.74) is 2.08. The lowest BCUT2D eigenvalue weighted by atomic mass is 9.87. The lowest BCUT2D eigenvalue weighted by molar-refractivity contribution is 0.291. The van der Waals surface area contributed by atoms with Gasteiger partial charge in [-0.05, 0) is 25.1 Å². The van der Waals surface area contributed by atoms with Crippen LogP contribution in [0.3, 0.4) is 0 Å². The first-order valence-corrected chi connectivity index (χ1v) is 6.79. The van der Waals surface area contributed by atoms with Gasteiger partial charge in [-0.1, -0.05) is 13.8 Å². The van der Waals surface area contributed by atoms with Crippen LogP contribution in [-0.4, -0.2) is 11.6 Å². The molecule has 20 heavy (non-hydrogen) atoms. The van der Waals surface area contributed by atoms with Crippen molar-refractivity contribution >= 4 is 0 Å². The van der Waals surface area contributed by atoms with E-state index in [0.29, 0.717) is 19.1 Å². The van der Waals surface area contributed by atoms with Crippen LogP contribution in [0.2, 0.25) is 0 Å². The van der Waals surface area contributed by atoms with Crippen molar-refractivity contribution in [3.8, 4) is 11.5 Å². The maximum Gasteiger partial charge on any atom is 0.191 e. The van der Waals surface area contributed by atoms with Crippen LogP contribution < -0.4 is 9.47 Å². The molecule has 0 amide bonds. The molecule has 0 saturated carbocycles. The molecule has 0 bridgehead atoms. The summed E-state index contributed by atoms with van der Waals surface area (Å²) in [6, 6.07) is 5.97. The predicted molar refractivity (Wildman–Crippen MR) is 75.3 cm³/mol. The van der Waals surface area contributed by atoms with E-state index in [1.807, 2.05) is 26.0 Å². The largest absolute Gasteiger partial charge is 0.492 e. The predicted octanol–water partition coefficient (Wildman–Crippen LogP) is 3.54. The van der Waals surface area contributed by atoms with E-state index in [0.717, 1.165) is 23.0 Å². The van der Waals surface area contributed by atoms with Crippen LogP contribution >= 0.6 is 0 Å². The second-order valence-electron chi connectivity index (χ2n) is 5.85. The first-order chi connectivity index (χ1) is 9.45. The van der Waals surface area contributed by atoms with Gasteiger partial charge in [0.25, 0.3) is 0 Å². The van der Waals surface area contributed by atoms with Gasteiger partial charge < -0.3 is 13.9 Å². The van der Waals surface area contributed by atoms with E-state index >= 15 is 0 Å². The molecule has 2 heterocycles. The minimum atomic E-state index is 0.0368. The number of aromatic nitrogens is 1. The zero-order chi connectivity index (χ0) is 14.3. The maximum absolute atomic E-state index is 5.83. The Labute approximate surface area is 118 Å². The number of aryl methyl sites for hydroxylation is 2. The van der Waals surface area contributed by atoms with Gasteiger partial charge in [0.2, 0.25) is 0 Å². The van der Waals surface area contributed by atoms with Gasteiger partial charge in [0.05, 0.1) is 6.61 Å². The van der Waals surface area contributed by atoms with Crippen LogP contribution in [0.15, 0.2) is 22.6 Å². The van der Waals surface area contributed by atoms with Crippen LogP contribution in [0.5, 0.6) is 11.5 Å². The molecular weight excluding hydrogens is 254 g/mol. The molecule has 0 spiro atoms. The van der Waals surface area contributed by atoms with Crippen LogP contribution in [0.25, 0.3) is 0 Å². The quantitative estimate of drug-likeness (QED) is 0.858. The number of benzene rings is 1.